The van der Waals surface area contributed by atoms with Crippen LogP contribution in [0.1, 0.15) is 25.7 Å². The van der Waals surface area contributed by atoms with E-state index in [1.807, 2.05) is 14.1 Å². The van der Waals surface area contributed by atoms with Crippen LogP contribution in [0.2, 0.25) is 0 Å². The summed E-state index contributed by atoms with van der Waals surface area (Å²) in [5, 5.41) is 3.10. The van der Waals surface area contributed by atoms with Gasteiger partial charge in [0.2, 0.25) is 0 Å². The lowest BCUT2D eigenvalue weighted by Gasteiger charge is -2.35. The number of rotatable bonds is 5. The normalized spacial score (nSPS) is 30.8. The smallest absolute Gasteiger partial charge is 0.280 e. The van der Waals surface area contributed by atoms with E-state index in [1.165, 1.54) is 0 Å². The van der Waals surface area contributed by atoms with Gasteiger partial charge in [-0.15, -0.1) is 0 Å². The zero-order chi connectivity index (χ0) is 13.9. The van der Waals surface area contributed by atoms with Gasteiger partial charge in [0.25, 0.3) is 10.2 Å². The van der Waals surface area contributed by atoms with Crippen molar-refractivity contribution in [3.63, 3.8) is 0 Å². The second kappa shape index (κ2) is 6.49. The largest absolute Gasteiger partial charge is 0.318 e. The second-order valence-electron chi connectivity index (χ2n) is 5.69. The van der Waals surface area contributed by atoms with Crippen molar-refractivity contribution in [1.82, 2.24) is 19.2 Å². The topological polar surface area (TPSA) is 64.7 Å². The SMILES string of the molecule is CNCC1CCCCN1S(=O)(=O)NC1CCN(C)C1. The molecule has 0 amide bonds. The molecule has 6 nitrogen and oxygen atoms in total. The number of nitrogens with zero attached hydrogens (tertiary/aromatic N) is 2. The predicted molar refractivity (Wildman–Crippen MR) is 76.2 cm³/mol. The number of nitrogens with one attached hydrogen (secondary N) is 2. The van der Waals surface area contributed by atoms with E-state index in [-0.39, 0.29) is 12.1 Å². The van der Waals surface area contributed by atoms with E-state index >= 15 is 0 Å². The summed E-state index contributed by atoms with van der Waals surface area (Å²) < 4.78 is 29.5. The molecule has 2 unspecified atom stereocenters. The fourth-order valence-electron chi connectivity index (χ4n) is 3.04. The van der Waals surface area contributed by atoms with E-state index in [0.717, 1.165) is 45.3 Å². The van der Waals surface area contributed by atoms with E-state index in [9.17, 15) is 8.42 Å². The first kappa shape index (κ1) is 15.2. The van der Waals surface area contributed by atoms with Crippen molar-refractivity contribution >= 4 is 10.2 Å². The van der Waals surface area contributed by atoms with Crippen molar-refractivity contribution in [3.8, 4) is 0 Å². The molecule has 0 aromatic carbocycles. The summed E-state index contributed by atoms with van der Waals surface area (Å²) in [6.45, 7) is 3.15. The minimum absolute atomic E-state index is 0.0622. The average molecular weight is 290 g/mol. The summed E-state index contributed by atoms with van der Waals surface area (Å²) in [5.41, 5.74) is 0. The lowest BCUT2D eigenvalue weighted by Crippen LogP contribution is -2.54. The molecule has 0 aromatic rings. The summed E-state index contributed by atoms with van der Waals surface area (Å²) in [6.07, 6.45) is 3.93. The van der Waals surface area contributed by atoms with Crippen molar-refractivity contribution in [2.75, 3.05) is 40.3 Å². The van der Waals surface area contributed by atoms with Gasteiger partial charge in [-0.05, 0) is 39.9 Å². The summed E-state index contributed by atoms with van der Waals surface area (Å²) in [4.78, 5) is 2.16. The van der Waals surface area contributed by atoms with Gasteiger partial charge in [0.05, 0.1) is 0 Å². The van der Waals surface area contributed by atoms with Crippen LogP contribution in [0, 0.1) is 0 Å². The Morgan fingerprint density at radius 2 is 2.00 bits per heavy atom. The van der Waals surface area contributed by atoms with E-state index in [4.69, 9.17) is 0 Å². The molecule has 19 heavy (non-hydrogen) atoms. The molecule has 2 aliphatic rings. The number of hydrogen-bond donors (Lipinski definition) is 2. The van der Waals surface area contributed by atoms with Gasteiger partial charge in [0, 0.05) is 31.7 Å². The quantitative estimate of drug-likeness (QED) is 0.723. The second-order valence-corrected chi connectivity index (χ2v) is 7.34. The molecule has 112 valence electrons. The molecule has 2 fully saturated rings. The molecular formula is C12H26N4O2S. The molecule has 2 heterocycles. The number of likely N-dealkylation sites (tertiary alicyclic amines) is 1. The van der Waals surface area contributed by atoms with Crippen LogP contribution in [0.15, 0.2) is 0 Å². The summed E-state index contributed by atoms with van der Waals surface area (Å²) in [6, 6.07) is 0.155. The molecule has 0 bridgehead atoms. The maximum absolute atomic E-state index is 12.5. The summed E-state index contributed by atoms with van der Waals surface area (Å²) >= 11 is 0. The Kier molecular flexibility index (Phi) is 5.19. The van der Waals surface area contributed by atoms with Crippen LogP contribution in [-0.4, -0.2) is 70.0 Å². The minimum atomic E-state index is -3.34. The Hall–Kier alpha value is -0.210. The Bertz CT molecular complexity index is 385. The van der Waals surface area contributed by atoms with Crippen LogP contribution in [0.5, 0.6) is 0 Å². The van der Waals surface area contributed by atoms with Crippen molar-refractivity contribution in [3.05, 3.63) is 0 Å². The van der Waals surface area contributed by atoms with Gasteiger partial charge in [0.15, 0.2) is 0 Å². The van der Waals surface area contributed by atoms with E-state index in [2.05, 4.69) is 14.9 Å². The highest BCUT2D eigenvalue weighted by Crippen LogP contribution is 2.20. The standard InChI is InChI=1S/C12H26N4O2S/c1-13-9-12-5-3-4-7-16(12)19(17,18)14-11-6-8-15(2)10-11/h11-14H,3-10H2,1-2H3. The van der Waals surface area contributed by atoms with Crippen LogP contribution in [0.25, 0.3) is 0 Å². The highest BCUT2D eigenvalue weighted by molar-refractivity contribution is 7.87. The Morgan fingerprint density at radius 3 is 2.63 bits per heavy atom. The van der Waals surface area contributed by atoms with E-state index in [0.29, 0.717) is 6.54 Å². The summed E-state index contributed by atoms with van der Waals surface area (Å²) in [5.74, 6) is 0. The molecule has 0 aliphatic carbocycles. The third kappa shape index (κ3) is 3.88. The monoisotopic (exact) mass is 290 g/mol. The molecule has 7 heteroatoms. The van der Waals surface area contributed by atoms with Gasteiger partial charge in [-0.1, -0.05) is 6.42 Å². The van der Waals surface area contributed by atoms with Crippen molar-refractivity contribution in [2.24, 2.45) is 0 Å². The molecule has 2 aliphatic heterocycles. The molecule has 2 saturated heterocycles. The van der Waals surface area contributed by atoms with Gasteiger partial charge >= 0.3 is 0 Å². The molecule has 0 saturated carbocycles. The average Bonchev–Trinajstić information content (AvgIpc) is 2.75. The van der Waals surface area contributed by atoms with E-state index in [1.54, 1.807) is 4.31 Å². The molecular weight excluding hydrogens is 264 g/mol. The Labute approximate surface area is 116 Å². The van der Waals surface area contributed by atoms with Gasteiger partial charge < -0.3 is 10.2 Å². The third-order valence-corrected chi connectivity index (χ3v) is 5.76. The van der Waals surface area contributed by atoms with E-state index < -0.39 is 10.2 Å². The maximum Gasteiger partial charge on any atom is 0.280 e. The lowest BCUT2D eigenvalue weighted by molar-refractivity contribution is 0.244. The third-order valence-electron chi connectivity index (χ3n) is 4.03. The molecule has 2 atom stereocenters. The van der Waals surface area contributed by atoms with Crippen molar-refractivity contribution in [1.29, 1.82) is 0 Å². The molecule has 0 aromatic heterocycles. The number of likely N-dealkylation sites (N-methyl/N-ethyl adjacent to an activating group) is 2. The van der Waals surface area contributed by atoms with Gasteiger partial charge in [0.1, 0.15) is 0 Å². The van der Waals surface area contributed by atoms with Crippen LogP contribution in [0.4, 0.5) is 0 Å². The zero-order valence-corrected chi connectivity index (χ0v) is 12.7. The molecule has 0 radical (unpaired) electrons. The van der Waals surface area contributed by atoms with Gasteiger partial charge in [-0.3, -0.25) is 0 Å². The molecule has 0 spiro atoms. The first-order valence-electron chi connectivity index (χ1n) is 7.15. The Morgan fingerprint density at radius 1 is 1.21 bits per heavy atom. The predicted octanol–water partition coefficient (Wildman–Crippen LogP) is -0.401. The fourth-order valence-corrected chi connectivity index (χ4v) is 4.73. The first-order chi connectivity index (χ1) is 9.03. The Balaban J connectivity index is 2.00. The lowest BCUT2D eigenvalue weighted by atomic mass is 10.1. The zero-order valence-electron chi connectivity index (χ0n) is 11.9. The summed E-state index contributed by atoms with van der Waals surface area (Å²) in [7, 11) is 0.556. The van der Waals surface area contributed by atoms with Crippen LogP contribution in [-0.2, 0) is 10.2 Å². The number of piperidine rings is 1. The highest BCUT2D eigenvalue weighted by atomic mass is 32.2. The number of hydrogen-bond acceptors (Lipinski definition) is 4. The van der Waals surface area contributed by atoms with Gasteiger partial charge in [-0.2, -0.15) is 17.4 Å². The first-order valence-corrected chi connectivity index (χ1v) is 8.59. The highest BCUT2D eigenvalue weighted by Gasteiger charge is 2.34. The van der Waals surface area contributed by atoms with Crippen LogP contribution >= 0.6 is 0 Å². The minimum Gasteiger partial charge on any atom is -0.318 e. The van der Waals surface area contributed by atoms with Crippen LogP contribution < -0.4 is 10.0 Å². The van der Waals surface area contributed by atoms with Crippen LogP contribution in [0.3, 0.4) is 0 Å². The van der Waals surface area contributed by atoms with Crippen molar-refractivity contribution < 1.29 is 8.42 Å². The fraction of sp³-hybridized carbons (Fsp3) is 1.00. The van der Waals surface area contributed by atoms with Crippen molar-refractivity contribution in [2.45, 2.75) is 37.8 Å². The maximum atomic E-state index is 12.5. The van der Waals surface area contributed by atoms with Gasteiger partial charge in [-0.25, -0.2) is 0 Å². The molecule has 2 rings (SSSR count). The molecule has 2 N–H and O–H groups in total.